The van der Waals surface area contributed by atoms with Gasteiger partial charge in [0.25, 0.3) is 0 Å². The Balaban J connectivity index is 1.76. The van der Waals surface area contributed by atoms with Gasteiger partial charge in [-0.15, -0.1) is 0 Å². The van der Waals surface area contributed by atoms with Crippen molar-refractivity contribution in [1.82, 2.24) is 10.6 Å². The highest BCUT2D eigenvalue weighted by molar-refractivity contribution is 5.74. The van der Waals surface area contributed by atoms with Gasteiger partial charge in [0.2, 0.25) is 0 Å². The van der Waals surface area contributed by atoms with Crippen LogP contribution in [0.2, 0.25) is 0 Å². The van der Waals surface area contributed by atoms with Gasteiger partial charge in [0, 0.05) is 32.4 Å². The van der Waals surface area contributed by atoms with E-state index >= 15 is 0 Å². The summed E-state index contributed by atoms with van der Waals surface area (Å²) in [5.41, 5.74) is 1.89. The molecule has 0 aromatic heterocycles. The minimum Gasteiger partial charge on any atom is -0.387 e. The number of anilines is 1. The van der Waals surface area contributed by atoms with Crippen LogP contribution in [0.3, 0.4) is 0 Å². The summed E-state index contributed by atoms with van der Waals surface area (Å²) in [5.74, 6) is 0. The van der Waals surface area contributed by atoms with Gasteiger partial charge in [-0.1, -0.05) is 37.8 Å². The van der Waals surface area contributed by atoms with Crippen LogP contribution in [-0.2, 0) is 0 Å². The van der Waals surface area contributed by atoms with E-state index in [0.29, 0.717) is 0 Å². The van der Waals surface area contributed by atoms with Gasteiger partial charge in [-0.05, 0) is 30.5 Å². The molecule has 2 amide bonds. The molecule has 1 aliphatic rings. The summed E-state index contributed by atoms with van der Waals surface area (Å²) in [4.78, 5) is 14.0. The molecule has 0 bridgehead atoms. The first-order chi connectivity index (χ1) is 11.1. The number of nitrogens with one attached hydrogen (secondary N) is 2. The number of carbonyl (C=O) groups is 1. The molecule has 0 radical (unpaired) electrons. The highest BCUT2D eigenvalue weighted by Gasteiger charge is 2.15. The zero-order valence-electron chi connectivity index (χ0n) is 14.2. The van der Waals surface area contributed by atoms with Crippen LogP contribution in [0, 0.1) is 0 Å². The van der Waals surface area contributed by atoms with E-state index in [1.54, 1.807) is 0 Å². The van der Waals surface area contributed by atoms with Gasteiger partial charge in [-0.2, -0.15) is 0 Å². The Hall–Kier alpha value is -1.75. The fraction of sp³-hybridized carbons (Fsp3) is 0.611. The molecule has 128 valence electrons. The molecular weight excluding hydrogens is 290 g/mol. The Kier molecular flexibility index (Phi) is 6.71. The first kappa shape index (κ1) is 17.6. The van der Waals surface area contributed by atoms with Gasteiger partial charge in [0.15, 0.2) is 0 Å². The molecular formula is C18H29N3O2. The zero-order chi connectivity index (χ0) is 16.7. The molecule has 1 unspecified atom stereocenters. The number of amides is 2. The molecule has 2 rings (SSSR count). The van der Waals surface area contributed by atoms with Crippen LogP contribution in [-0.4, -0.2) is 37.8 Å². The molecule has 23 heavy (non-hydrogen) atoms. The van der Waals surface area contributed by atoms with Gasteiger partial charge in [0.1, 0.15) is 0 Å². The molecule has 1 aromatic carbocycles. The zero-order valence-corrected chi connectivity index (χ0v) is 14.2. The number of nitrogens with zero attached hydrogens (tertiary/aromatic N) is 1. The molecule has 0 saturated heterocycles. The van der Waals surface area contributed by atoms with Crippen molar-refractivity contribution in [3.63, 3.8) is 0 Å². The fourth-order valence-corrected chi connectivity index (χ4v) is 2.96. The van der Waals surface area contributed by atoms with Crippen LogP contribution in [0.1, 0.15) is 50.2 Å². The van der Waals surface area contributed by atoms with Crippen molar-refractivity contribution in [3.8, 4) is 0 Å². The molecule has 1 aliphatic carbocycles. The van der Waals surface area contributed by atoms with Crippen LogP contribution in [0.5, 0.6) is 0 Å². The Morgan fingerprint density at radius 2 is 1.78 bits per heavy atom. The van der Waals surface area contributed by atoms with Crippen LogP contribution < -0.4 is 15.5 Å². The Morgan fingerprint density at radius 3 is 2.35 bits per heavy atom. The maximum absolute atomic E-state index is 12.0. The lowest BCUT2D eigenvalue weighted by Crippen LogP contribution is -2.43. The SMILES string of the molecule is CN(C)c1ccc(C(O)CNC(=O)NC2CCCCCC2)cc1. The third-order valence-corrected chi connectivity index (χ3v) is 4.44. The predicted octanol–water partition coefficient (Wildman–Crippen LogP) is 2.81. The quantitative estimate of drug-likeness (QED) is 0.731. The molecule has 5 nitrogen and oxygen atoms in total. The summed E-state index contributed by atoms with van der Waals surface area (Å²) in [6, 6.07) is 7.80. The van der Waals surface area contributed by atoms with E-state index in [2.05, 4.69) is 10.6 Å². The molecule has 0 aliphatic heterocycles. The minimum absolute atomic E-state index is 0.180. The molecule has 1 fully saturated rings. The first-order valence-corrected chi connectivity index (χ1v) is 8.56. The second-order valence-corrected chi connectivity index (χ2v) is 6.54. The Labute approximate surface area is 139 Å². The summed E-state index contributed by atoms with van der Waals surface area (Å²) < 4.78 is 0. The predicted molar refractivity (Wildman–Crippen MR) is 93.8 cm³/mol. The van der Waals surface area contributed by atoms with Crippen LogP contribution in [0.4, 0.5) is 10.5 Å². The van der Waals surface area contributed by atoms with E-state index in [1.807, 2.05) is 43.3 Å². The second-order valence-electron chi connectivity index (χ2n) is 6.54. The highest BCUT2D eigenvalue weighted by atomic mass is 16.3. The number of hydrogen-bond acceptors (Lipinski definition) is 3. The lowest BCUT2D eigenvalue weighted by Gasteiger charge is -2.19. The maximum atomic E-state index is 12.0. The fourth-order valence-electron chi connectivity index (χ4n) is 2.96. The summed E-state index contributed by atoms with van der Waals surface area (Å²) >= 11 is 0. The van der Waals surface area contributed by atoms with Crippen LogP contribution in [0.15, 0.2) is 24.3 Å². The highest BCUT2D eigenvalue weighted by Crippen LogP contribution is 2.18. The van der Waals surface area contributed by atoms with Gasteiger partial charge in [-0.25, -0.2) is 4.79 Å². The molecule has 0 spiro atoms. The molecule has 3 N–H and O–H groups in total. The third kappa shape index (κ3) is 5.75. The van der Waals surface area contributed by atoms with Crippen molar-refractivity contribution in [2.45, 2.75) is 50.7 Å². The molecule has 1 saturated carbocycles. The van der Waals surface area contributed by atoms with E-state index in [9.17, 15) is 9.90 Å². The normalized spacial score (nSPS) is 17.2. The number of hydrogen-bond donors (Lipinski definition) is 3. The monoisotopic (exact) mass is 319 g/mol. The van der Waals surface area contributed by atoms with E-state index in [4.69, 9.17) is 0 Å². The molecule has 5 heteroatoms. The van der Waals surface area contributed by atoms with Gasteiger partial charge in [-0.3, -0.25) is 0 Å². The van der Waals surface area contributed by atoms with E-state index in [-0.39, 0.29) is 18.6 Å². The smallest absolute Gasteiger partial charge is 0.315 e. The van der Waals surface area contributed by atoms with Gasteiger partial charge in [0.05, 0.1) is 6.10 Å². The van der Waals surface area contributed by atoms with E-state index < -0.39 is 6.10 Å². The van der Waals surface area contributed by atoms with Crippen LogP contribution >= 0.6 is 0 Å². The number of benzene rings is 1. The van der Waals surface area contributed by atoms with Crippen molar-refractivity contribution < 1.29 is 9.90 Å². The number of rotatable bonds is 5. The van der Waals surface area contributed by atoms with E-state index in [1.165, 1.54) is 25.7 Å². The average molecular weight is 319 g/mol. The van der Waals surface area contributed by atoms with Crippen molar-refractivity contribution in [3.05, 3.63) is 29.8 Å². The lowest BCUT2D eigenvalue weighted by atomic mass is 10.1. The lowest BCUT2D eigenvalue weighted by molar-refractivity contribution is 0.172. The summed E-state index contributed by atoms with van der Waals surface area (Å²) in [5, 5.41) is 16.0. The second kappa shape index (κ2) is 8.77. The number of aliphatic hydroxyl groups excluding tert-OH is 1. The van der Waals surface area contributed by atoms with Crippen molar-refractivity contribution >= 4 is 11.7 Å². The number of carbonyl (C=O) groups excluding carboxylic acids is 1. The number of aliphatic hydroxyl groups is 1. The summed E-state index contributed by atoms with van der Waals surface area (Å²) in [7, 11) is 3.95. The van der Waals surface area contributed by atoms with Crippen molar-refractivity contribution in [2.75, 3.05) is 25.5 Å². The summed E-state index contributed by atoms with van der Waals surface area (Å²) in [6.07, 6.45) is 6.33. The molecule has 0 heterocycles. The largest absolute Gasteiger partial charge is 0.387 e. The third-order valence-electron chi connectivity index (χ3n) is 4.44. The topological polar surface area (TPSA) is 64.6 Å². The van der Waals surface area contributed by atoms with Crippen molar-refractivity contribution in [1.29, 1.82) is 0 Å². The van der Waals surface area contributed by atoms with Gasteiger partial charge < -0.3 is 20.6 Å². The Bertz CT molecular complexity index is 480. The number of urea groups is 1. The van der Waals surface area contributed by atoms with E-state index in [0.717, 1.165) is 24.1 Å². The van der Waals surface area contributed by atoms with Crippen molar-refractivity contribution in [2.24, 2.45) is 0 Å². The first-order valence-electron chi connectivity index (χ1n) is 8.56. The molecule has 1 atom stereocenters. The minimum atomic E-state index is -0.689. The maximum Gasteiger partial charge on any atom is 0.315 e. The summed E-state index contributed by atoms with van der Waals surface area (Å²) in [6.45, 7) is 0.222. The standard InChI is InChI=1S/C18H29N3O2/c1-21(2)16-11-9-14(10-12-16)17(22)13-19-18(23)20-15-7-5-3-4-6-8-15/h9-12,15,17,22H,3-8,13H2,1-2H3,(H2,19,20,23). The Morgan fingerprint density at radius 1 is 1.17 bits per heavy atom. The van der Waals surface area contributed by atoms with Crippen LogP contribution in [0.25, 0.3) is 0 Å². The molecule has 1 aromatic rings. The van der Waals surface area contributed by atoms with Gasteiger partial charge >= 0.3 is 6.03 Å². The average Bonchev–Trinajstić information content (AvgIpc) is 2.81.